The number of methoxy groups -OCH3 is 1. The molecule has 0 aromatic heterocycles. The molecular formula is C9H10N2O4. The molecule has 0 amide bonds. The number of nitrogens with two attached hydrogens (primary N) is 1. The fourth-order valence-corrected chi connectivity index (χ4v) is 1.19. The molecule has 0 heterocycles. The maximum atomic E-state index is 11.2. The fourth-order valence-electron chi connectivity index (χ4n) is 1.19. The van der Waals surface area contributed by atoms with E-state index in [2.05, 4.69) is 0 Å². The molecule has 80 valence electrons. The first-order chi connectivity index (χ1) is 6.97. The average Bonchev–Trinajstić information content (AvgIpc) is 2.16. The third kappa shape index (κ3) is 2.04. The summed E-state index contributed by atoms with van der Waals surface area (Å²) in [5.41, 5.74) is 5.27. The van der Waals surface area contributed by atoms with Crippen molar-refractivity contribution in [1.29, 1.82) is 0 Å². The van der Waals surface area contributed by atoms with E-state index in [9.17, 15) is 14.9 Å². The highest BCUT2D eigenvalue weighted by Crippen LogP contribution is 2.30. The first kappa shape index (κ1) is 11.0. The summed E-state index contributed by atoms with van der Waals surface area (Å²) in [4.78, 5) is 21.1. The second-order valence-electron chi connectivity index (χ2n) is 2.92. The summed E-state index contributed by atoms with van der Waals surface area (Å²) in [5.74, 6) is -0.0689. The highest BCUT2D eigenvalue weighted by atomic mass is 16.6. The van der Waals surface area contributed by atoms with E-state index in [-0.39, 0.29) is 28.5 Å². The van der Waals surface area contributed by atoms with E-state index in [0.717, 1.165) is 6.07 Å². The second-order valence-corrected chi connectivity index (χ2v) is 2.92. The molecule has 1 aromatic carbocycles. The van der Waals surface area contributed by atoms with Crippen LogP contribution in [0.5, 0.6) is 5.75 Å². The van der Waals surface area contributed by atoms with Crippen molar-refractivity contribution < 1.29 is 14.5 Å². The lowest BCUT2D eigenvalue weighted by atomic mass is 10.1. The summed E-state index contributed by atoms with van der Waals surface area (Å²) in [6.45, 7) is 1.30. The van der Waals surface area contributed by atoms with Crippen LogP contribution in [0.3, 0.4) is 0 Å². The van der Waals surface area contributed by atoms with Gasteiger partial charge in [0.05, 0.1) is 17.6 Å². The van der Waals surface area contributed by atoms with Crippen LogP contribution in [0, 0.1) is 10.1 Å². The topological polar surface area (TPSA) is 95.5 Å². The number of hydrogen-bond acceptors (Lipinski definition) is 5. The summed E-state index contributed by atoms with van der Waals surface area (Å²) in [7, 11) is 1.37. The van der Waals surface area contributed by atoms with E-state index >= 15 is 0 Å². The molecule has 0 fully saturated rings. The van der Waals surface area contributed by atoms with Gasteiger partial charge in [0.15, 0.2) is 5.78 Å². The van der Waals surface area contributed by atoms with Crippen molar-refractivity contribution in [3.05, 3.63) is 27.8 Å². The van der Waals surface area contributed by atoms with E-state index < -0.39 is 4.92 Å². The number of hydrogen-bond donors (Lipinski definition) is 1. The molecule has 0 atom stereocenters. The molecular weight excluding hydrogens is 200 g/mol. The predicted octanol–water partition coefficient (Wildman–Crippen LogP) is 1.39. The number of rotatable bonds is 3. The predicted molar refractivity (Wildman–Crippen MR) is 54.1 cm³/mol. The SMILES string of the molecule is COc1cc(N)c([N+](=O)[O-])cc1C(C)=O. The Morgan fingerprint density at radius 1 is 1.53 bits per heavy atom. The monoisotopic (exact) mass is 210 g/mol. The number of nitrogens with zero attached hydrogens (tertiary/aromatic N) is 1. The van der Waals surface area contributed by atoms with Crippen LogP contribution in [0.15, 0.2) is 12.1 Å². The molecule has 0 saturated heterocycles. The van der Waals surface area contributed by atoms with Gasteiger partial charge < -0.3 is 10.5 Å². The Bertz CT molecular complexity index is 428. The number of Topliss-reactive ketones (excluding diaryl/α,β-unsaturated/α-hetero) is 1. The quantitative estimate of drug-likeness (QED) is 0.352. The Labute approximate surface area is 85.8 Å². The number of anilines is 1. The number of ketones is 1. The molecule has 0 aliphatic carbocycles. The lowest BCUT2D eigenvalue weighted by Crippen LogP contribution is -2.02. The van der Waals surface area contributed by atoms with Crippen molar-refractivity contribution in [2.45, 2.75) is 6.92 Å². The van der Waals surface area contributed by atoms with Crippen molar-refractivity contribution in [3.8, 4) is 5.75 Å². The molecule has 0 spiro atoms. The third-order valence-corrected chi connectivity index (χ3v) is 1.92. The van der Waals surface area contributed by atoms with Gasteiger partial charge in [-0.25, -0.2) is 0 Å². The smallest absolute Gasteiger partial charge is 0.293 e. The van der Waals surface area contributed by atoms with Gasteiger partial charge in [-0.3, -0.25) is 14.9 Å². The van der Waals surface area contributed by atoms with Crippen molar-refractivity contribution in [1.82, 2.24) is 0 Å². The van der Waals surface area contributed by atoms with Crippen molar-refractivity contribution in [2.75, 3.05) is 12.8 Å². The maximum Gasteiger partial charge on any atom is 0.293 e. The van der Waals surface area contributed by atoms with Gasteiger partial charge in [0.1, 0.15) is 11.4 Å². The number of carbonyl (C=O) groups is 1. The van der Waals surface area contributed by atoms with Gasteiger partial charge in [0.2, 0.25) is 0 Å². The third-order valence-electron chi connectivity index (χ3n) is 1.92. The zero-order valence-electron chi connectivity index (χ0n) is 8.31. The summed E-state index contributed by atoms with van der Waals surface area (Å²) < 4.78 is 4.90. The molecule has 2 N–H and O–H groups in total. The van der Waals surface area contributed by atoms with Gasteiger partial charge in [-0.2, -0.15) is 0 Å². The Hall–Kier alpha value is -2.11. The number of nitrogen functional groups attached to an aromatic ring is 1. The maximum absolute atomic E-state index is 11.2. The van der Waals surface area contributed by atoms with Crippen LogP contribution in [-0.2, 0) is 0 Å². The number of nitro benzene ring substituents is 1. The lowest BCUT2D eigenvalue weighted by Gasteiger charge is -2.06. The Morgan fingerprint density at radius 2 is 2.13 bits per heavy atom. The molecule has 0 aliphatic heterocycles. The van der Waals surface area contributed by atoms with E-state index in [1.54, 1.807) is 0 Å². The van der Waals surface area contributed by atoms with Crippen molar-refractivity contribution in [3.63, 3.8) is 0 Å². The largest absolute Gasteiger partial charge is 0.496 e. The second kappa shape index (κ2) is 3.95. The van der Waals surface area contributed by atoms with E-state index in [4.69, 9.17) is 10.5 Å². The van der Waals surface area contributed by atoms with Crippen LogP contribution < -0.4 is 10.5 Å². The molecule has 0 radical (unpaired) electrons. The highest BCUT2D eigenvalue weighted by Gasteiger charge is 2.18. The van der Waals surface area contributed by atoms with Crippen molar-refractivity contribution >= 4 is 17.2 Å². The van der Waals surface area contributed by atoms with Gasteiger partial charge >= 0.3 is 0 Å². The molecule has 0 unspecified atom stereocenters. The summed E-state index contributed by atoms with van der Waals surface area (Å²) in [6, 6.07) is 2.39. The van der Waals surface area contributed by atoms with E-state index in [0.29, 0.717) is 0 Å². The standard InChI is InChI=1S/C9H10N2O4/c1-5(12)6-3-8(11(13)14)7(10)4-9(6)15-2/h3-4H,10H2,1-2H3. The Balaban J connectivity index is 3.43. The van der Waals surface area contributed by atoms with Gasteiger partial charge in [-0.05, 0) is 6.92 Å². The minimum Gasteiger partial charge on any atom is -0.496 e. The zero-order valence-corrected chi connectivity index (χ0v) is 8.31. The number of benzene rings is 1. The first-order valence-corrected chi connectivity index (χ1v) is 4.10. The molecule has 1 rings (SSSR count). The fraction of sp³-hybridized carbons (Fsp3) is 0.222. The van der Waals surface area contributed by atoms with Gasteiger partial charge in [0.25, 0.3) is 5.69 Å². The Kier molecular flexibility index (Phi) is 2.89. The van der Waals surface area contributed by atoms with Crippen LogP contribution in [0.4, 0.5) is 11.4 Å². The first-order valence-electron chi connectivity index (χ1n) is 4.10. The minimum atomic E-state index is -0.638. The van der Waals surface area contributed by atoms with Crippen molar-refractivity contribution in [2.24, 2.45) is 0 Å². The van der Waals surface area contributed by atoms with Crippen LogP contribution in [-0.4, -0.2) is 17.8 Å². The summed E-state index contributed by atoms with van der Waals surface area (Å²) >= 11 is 0. The zero-order chi connectivity index (χ0) is 11.6. The molecule has 1 aromatic rings. The molecule has 6 nitrogen and oxygen atoms in total. The molecule has 0 bridgehead atoms. The molecule has 15 heavy (non-hydrogen) atoms. The van der Waals surface area contributed by atoms with Crippen LogP contribution in [0.25, 0.3) is 0 Å². The van der Waals surface area contributed by atoms with Gasteiger partial charge in [-0.1, -0.05) is 0 Å². The average molecular weight is 210 g/mol. The molecule has 6 heteroatoms. The Morgan fingerprint density at radius 3 is 2.53 bits per heavy atom. The molecule has 0 aliphatic rings. The van der Waals surface area contributed by atoms with E-state index in [1.807, 2.05) is 0 Å². The number of ether oxygens (including phenoxy) is 1. The van der Waals surface area contributed by atoms with E-state index in [1.165, 1.54) is 20.1 Å². The molecule has 0 saturated carbocycles. The summed E-state index contributed by atoms with van der Waals surface area (Å²) in [5, 5.41) is 10.6. The lowest BCUT2D eigenvalue weighted by molar-refractivity contribution is -0.383. The van der Waals surface area contributed by atoms with Crippen LogP contribution >= 0.6 is 0 Å². The normalized spacial score (nSPS) is 9.73. The van der Waals surface area contributed by atoms with Gasteiger partial charge in [-0.15, -0.1) is 0 Å². The van der Waals surface area contributed by atoms with Crippen LogP contribution in [0.1, 0.15) is 17.3 Å². The number of nitro groups is 1. The minimum absolute atomic E-state index is 0.0261. The highest BCUT2D eigenvalue weighted by molar-refractivity contribution is 5.98. The summed E-state index contributed by atoms with van der Waals surface area (Å²) in [6.07, 6.45) is 0. The van der Waals surface area contributed by atoms with Crippen LogP contribution in [0.2, 0.25) is 0 Å². The van der Waals surface area contributed by atoms with Gasteiger partial charge in [0, 0.05) is 12.1 Å². The number of carbonyl (C=O) groups excluding carboxylic acids is 1.